The van der Waals surface area contributed by atoms with Crippen LogP contribution in [0.15, 0.2) is 28.7 Å². The van der Waals surface area contributed by atoms with Crippen LogP contribution in [0.2, 0.25) is 0 Å². The average Bonchev–Trinajstić information content (AvgIpc) is 2.71. The number of nitrogens with two attached hydrogens (primary N) is 1. The number of benzene rings is 1. The van der Waals surface area contributed by atoms with Gasteiger partial charge in [-0.05, 0) is 37.6 Å². The maximum absolute atomic E-state index is 11.1. The van der Waals surface area contributed by atoms with Crippen molar-refractivity contribution in [2.24, 2.45) is 5.73 Å². The predicted molar refractivity (Wildman–Crippen MR) is 66.6 cm³/mol. The van der Waals surface area contributed by atoms with Crippen LogP contribution in [0, 0.1) is 0 Å². The summed E-state index contributed by atoms with van der Waals surface area (Å²) in [5, 5.41) is 0.875. The van der Waals surface area contributed by atoms with Crippen LogP contribution in [0.4, 0.5) is 4.79 Å². The number of rotatable bonds is 4. The van der Waals surface area contributed by atoms with Gasteiger partial charge in [-0.2, -0.15) is 0 Å². The van der Waals surface area contributed by atoms with E-state index in [1.807, 2.05) is 18.2 Å². The van der Waals surface area contributed by atoms with E-state index in [1.165, 1.54) is 0 Å². The van der Waals surface area contributed by atoms with Gasteiger partial charge in [0.2, 0.25) is 0 Å². The van der Waals surface area contributed by atoms with Crippen molar-refractivity contribution >= 4 is 17.1 Å². The minimum absolute atomic E-state index is 0.133. The molecule has 0 bridgehead atoms. The second-order valence-corrected chi connectivity index (χ2v) is 3.76. The highest BCUT2D eigenvalue weighted by molar-refractivity contribution is 5.80. The summed E-state index contributed by atoms with van der Waals surface area (Å²) in [5.74, 6) is 0.133. The van der Waals surface area contributed by atoms with Crippen LogP contribution in [0.3, 0.4) is 0 Å². The van der Waals surface area contributed by atoms with E-state index in [0.29, 0.717) is 12.1 Å². The molecule has 0 spiro atoms. The summed E-state index contributed by atoms with van der Waals surface area (Å²) < 4.78 is 14.9. The van der Waals surface area contributed by atoms with E-state index in [2.05, 4.69) is 4.74 Å². The monoisotopic (exact) mass is 249 g/mol. The van der Waals surface area contributed by atoms with Crippen molar-refractivity contribution in [2.45, 2.75) is 13.3 Å². The molecule has 2 N–H and O–H groups in total. The standard InChI is InChI=1S/C13H15NO4/c1-2-16-13(15)18-12-8-10-7-9(5-6-14)3-4-11(10)17-12/h3-4,7-8H,2,5-6,14H2,1H3. The fourth-order valence-electron chi connectivity index (χ4n) is 1.67. The van der Waals surface area contributed by atoms with Crippen molar-refractivity contribution in [3.8, 4) is 5.95 Å². The molecular weight excluding hydrogens is 234 g/mol. The minimum Gasteiger partial charge on any atom is -0.434 e. The molecule has 0 aliphatic heterocycles. The lowest BCUT2D eigenvalue weighted by atomic mass is 10.1. The zero-order valence-corrected chi connectivity index (χ0v) is 10.1. The van der Waals surface area contributed by atoms with Crippen LogP contribution >= 0.6 is 0 Å². The van der Waals surface area contributed by atoms with Gasteiger partial charge in [0.25, 0.3) is 5.95 Å². The third-order valence-corrected chi connectivity index (χ3v) is 2.44. The Bertz CT molecular complexity index is 547. The Balaban J connectivity index is 2.19. The summed E-state index contributed by atoms with van der Waals surface area (Å²) in [6.45, 7) is 2.56. The second-order valence-electron chi connectivity index (χ2n) is 3.76. The van der Waals surface area contributed by atoms with Crippen LogP contribution in [-0.2, 0) is 11.2 Å². The molecular formula is C13H15NO4. The molecule has 96 valence electrons. The minimum atomic E-state index is -0.765. The van der Waals surface area contributed by atoms with E-state index in [0.717, 1.165) is 17.4 Å². The lowest BCUT2D eigenvalue weighted by molar-refractivity contribution is 0.0957. The highest BCUT2D eigenvalue weighted by Crippen LogP contribution is 2.26. The van der Waals surface area contributed by atoms with Crippen LogP contribution in [0.5, 0.6) is 5.95 Å². The molecule has 0 saturated carbocycles. The third kappa shape index (κ3) is 2.81. The lowest BCUT2D eigenvalue weighted by Crippen LogP contribution is -2.09. The van der Waals surface area contributed by atoms with Crippen LogP contribution in [0.1, 0.15) is 12.5 Å². The first-order valence-electron chi connectivity index (χ1n) is 5.80. The smallest absolute Gasteiger partial charge is 0.434 e. The van der Waals surface area contributed by atoms with Gasteiger partial charge < -0.3 is 19.6 Å². The topological polar surface area (TPSA) is 74.7 Å². The fraction of sp³-hybridized carbons (Fsp3) is 0.308. The Morgan fingerprint density at radius 1 is 1.39 bits per heavy atom. The number of fused-ring (bicyclic) bond motifs is 1. The van der Waals surface area contributed by atoms with Crippen molar-refractivity contribution in [1.29, 1.82) is 0 Å². The van der Waals surface area contributed by atoms with Gasteiger partial charge in [-0.15, -0.1) is 0 Å². The molecule has 2 aromatic rings. The molecule has 1 aromatic carbocycles. The number of hydrogen-bond acceptors (Lipinski definition) is 5. The number of hydrogen-bond donors (Lipinski definition) is 1. The first-order chi connectivity index (χ1) is 8.72. The Kier molecular flexibility index (Phi) is 3.84. The maximum atomic E-state index is 11.1. The van der Waals surface area contributed by atoms with Crippen molar-refractivity contribution in [3.05, 3.63) is 29.8 Å². The van der Waals surface area contributed by atoms with Gasteiger partial charge in [0.1, 0.15) is 5.58 Å². The Labute approximate surface area is 104 Å². The molecule has 0 aliphatic rings. The van der Waals surface area contributed by atoms with Gasteiger partial charge in [0.15, 0.2) is 0 Å². The van der Waals surface area contributed by atoms with Gasteiger partial charge in [0.05, 0.1) is 6.61 Å². The molecule has 5 heteroatoms. The number of furan rings is 1. The summed E-state index contributed by atoms with van der Waals surface area (Å²) in [7, 11) is 0. The first-order valence-corrected chi connectivity index (χ1v) is 5.80. The van der Waals surface area contributed by atoms with Gasteiger partial charge >= 0.3 is 6.16 Å². The Morgan fingerprint density at radius 3 is 2.94 bits per heavy atom. The van der Waals surface area contributed by atoms with Crippen molar-refractivity contribution in [1.82, 2.24) is 0 Å². The number of ether oxygens (including phenoxy) is 2. The molecule has 0 unspecified atom stereocenters. The zero-order valence-electron chi connectivity index (χ0n) is 10.1. The Morgan fingerprint density at radius 2 is 2.22 bits per heavy atom. The molecule has 18 heavy (non-hydrogen) atoms. The second kappa shape index (κ2) is 5.55. The summed E-state index contributed by atoms with van der Waals surface area (Å²) in [5.41, 5.74) is 7.28. The van der Waals surface area contributed by atoms with E-state index in [-0.39, 0.29) is 12.6 Å². The van der Waals surface area contributed by atoms with Crippen molar-refractivity contribution in [2.75, 3.05) is 13.2 Å². The van der Waals surface area contributed by atoms with Gasteiger partial charge in [-0.25, -0.2) is 4.79 Å². The highest BCUT2D eigenvalue weighted by Gasteiger charge is 2.10. The van der Waals surface area contributed by atoms with Gasteiger partial charge in [-0.3, -0.25) is 0 Å². The van der Waals surface area contributed by atoms with E-state index in [9.17, 15) is 4.79 Å². The van der Waals surface area contributed by atoms with Crippen LogP contribution in [-0.4, -0.2) is 19.3 Å². The average molecular weight is 249 g/mol. The molecule has 0 saturated heterocycles. The molecule has 0 amide bonds. The number of carbonyl (C=O) groups excluding carboxylic acids is 1. The first kappa shape index (κ1) is 12.4. The van der Waals surface area contributed by atoms with E-state index >= 15 is 0 Å². The number of carbonyl (C=O) groups is 1. The summed E-state index contributed by atoms with van der Waals surface area (Å²) in [6, 6.07) is 7.39. The largest absolute Gasteiger partial charge is 0.516 e. The van der Waals surface area contributed by atoms with Crippen LogP contribution < -0.4 is 10.5 Å². The van der Waals surface area contributed by atoms with E-state index in [1.54, 1.807) is 13.0 Å². The molecule has 0 fully saturated rings. The normalized spacial score (nSPS) is 10.6. The molecule has 1 aromatic heterocycles. The molecule has 1 heterocycles. The van der Waals surface area contributed by atoms with Gasteiger partial charge in [-0.1, -0.05) is 6.07 Å². The maximum Gasteiger partial charge on any atom is 0.516 e. The molecule has 2 rings (SSSR count). The SMILES string of the molecule is CCOC(=O)Oc1cc2cc(CCN)ccc2o1. The van der Waals surface area contributed by atoms with E-state index < -0.39 is 6.16 Å². The zero-order chi connectivity index (χ0) is 13.0. The third-order valence-electron chi connectivity index (χ3n) is 2.44. The fourth-order valence-corrected chi connectivity index (χ4v) is 1.67. The quantitative estimate of drug-likeness (QED) is 0.842. The molecule has 5 nitrogen and oxygen atoms in total. The summed E-state index contributed by atoms with van der Waals surface area (Å²) >= 11 is 0. The van der Waals surface area contributed by atoms with Crippen LogP contribution in [0.25, 0.3) is 11.0 Å². The van der Waals surface area contributed by atoms with E-state index in [4.69, 9.17) is 14.9 Å². The van der Waals surface area contributed by atoms with Crippen molar-refractivity contribution < 1.29 is 18.7 Å². The van der Waals surface area contributed by atoms with Gasteiger partial charge in [0, 0.05) is 11.5 Å². The van der Waals surface area contributed by atoms with Crippen molar-refractivity contribution in [3.63, 3.8) is 0 Å². The Hall–Kier alpha value is -2.01. The highest BCUT2D eigenvalue weighted by atomic mass is 16.8. The lowest BCUT2D eigenvalue weighted by Gasteiger charge is -1.98. The molecule has 0 radical (unpaired) electrons. The summed E-state index contributed by atoms with van der Waals surface area (Å²) in [4.78, 5) is 11.1. The molecule has 0 aliphatic carbocycles. The summed E-state index contributed by atoms with van der Waals surface area (Å²) in [6.07, 6.45) is 0.0357. The molecule has 0 atom stereocenters. The predicted octanol–water partition coefficient (Wildman–Crippen LogP) is 2.47.